The van der Waals surface area contributed by atoms with Crippen LogP contribution in [0.1, 0.15) is 22.8 Å². The van der Waals surface area contributed by atoms with E-state index in [0.717, 1.165) is 12.1 Å². The fourth-order valence-electron chi connectivity index (χ4n) is 1.94. The van der Waals surface area contributed by atoms with E-state index >= 15 is 0 Å². The first-order valence-electron chi connectivity index (χ1n) is 6.48. The summed E-state index contributed by atoms with van der Waals surface area (Å²) < 4.78 is 5.07. The number of benzene rings is 2. The molecule has 0 fully saturated rings. The molecule has 3 N–H and O–H groups in total. The fourth-order valence-corrected chi connectivity index (χ4v) is 1.94. The van der Waals surface area contributed by atoms with Crippen molar-refractivity contribution in [1.82, 2.24) is 0 Å². The number of nitrogen functional groups attached to an aromatic ring is 1. The van der Waals surface area contributed by atoms with Crippen LogP contribution in [-0.2, 0) is 6.42 Å². The SMILES string of the molecule is CCc1cccc(NC(=O)c2ccc(OC)cc2N)c1. The van der Waals surface area contributed by atoms with E-state index in [9.17, 15) is 4.79 Å². The van der Waals surface area contributed by atoms with E-state index < -0.39 is 0 Å². The van der Waals surface area contributed by atoms with Crippen LogP contribution in [0.5, 0.6) is 5.75 Å². The van der Waals surface area contributed by atoms with Crippen LogP contribution in [0.2, 0.25) is 0 Å². The minimum Gasteiger partial charge on any atom is -0.497 e. The number of amides is 1. The summed E-state index contributed by atoms with van der Waals surface area (Å²) in [6.07, 6.45) is 0.925. The topological polar surface area (TPSA) is 64.3 Å². The van der Waals surface area contributed by atoms with Gasteiger partial charge in [-0.3, -0.25) is 4.79 Å². The number of methoxy groups -OCH3 is 1. The number of ether oxygens (including phenoxy) is 1. The molecule has 0 aliphatic rings. The van der Waals surface area contributed by atoms with Crippen molar-refractivity contribution in [2.24, 2.45) is 0 Å². The summed E-state index contributed by atoms with van der Waals surface area (Å²) in [4.78, 5) is 12.2. The zero-order valence-corrected chi connectivity index (χ0v) is 11.6. The first-order valence-corrected chi connectivity index (χ1v) is 6.48. The van der Waals surface area contributed by atoms with Gasteiger partial charge in [-0.15, -0.1) is 0 Å². The lowest BCUT2D eigenvalue weighted by Crippen LogP contribution is -2.14. The highest BCUT2D eigenvalue weighted by molar-refractivity contribution is 6.07. The number of hydrogen-bond donors (Lipinski definition) is 2. The van der Waals surface area contributed by atoms with Gasteiger partial charge in [0.2, 0.25) is 0 Å². The smallest absolute Gasteiger partial charge is 0.257 e. The summed E-state index contributed by atoms with van der Waals surface area (Å²) in [5, 5.41) is 2.85. The molecule has 0 aliphatic carbocycles. The second-order valence-corrected chi connectivity index (χ2v) is 4.46. The Labute approximate surface area is 118 Å². The van der Waals surface area contributed by atoms with Gasteiger partial charge in [-0.25, -0.2) is 0 Å². The van der Waals surface area contributed by atoms with Gasteiger partial charge in [-0.05, 0) is 36.2 Å². The van der Waals surface area contributed by atoms with E-state index in [-0.39, 0.29) is 5.91 Å². The van der Waals surface area contributed by atoms with Crippen molar-refractivity contribution in [1.29, 1.82) is 0 Å². The highest BCUT2D eigenvalue weighted by Gasteiger charge is 2.10. The standard InChI is InChI=1S/C16H18N2O2/c1-3-11-5-4-6-12(9-11)18-16(19)14-8-7-13(20-2)10-15(14)17/h4-10H,3,17H2,1-2H3,(H,18,19). The Morgan fingerprint density at radius 2 is 2.05 bits per heavy atom. The molecule has 4 nitrogen and oxygen atoms in total. The van der Waals surface area contributed by atoms with Gasteiger partial charge < -0.3 is 15.8 Å². The van der Waals surface area contributed by atoms with Crippen molar-refractivity contribution in [3.8, 4) is 5.75 Å². The molecule has 0 radical (unpaired) electrons. The van der Waals surface area contributed by atoms with Crippen LogP contribution in [0.25, 0.3) is 0 Å². The van der Waals surface area contributed by atoms with Crippen molar-refractivity contribution < 1.29 is 9.53 Å². The van der Waals surface area contributed by atoms with Crippen LogP contribution in [0.4, 0.5) is 11.4 Å². The lowest BCUT2D eigenvalue weighted by Gasteiger charge is -2.09. The Morgan fingerprint density at radius 1 is 1.25 bits per heavy atom. The van der Waals surface area contributed by atoms with Crippen molar-refractivity contribution in [3.05, 3.63) is 53.6 Å². The largest absolute Gasteiger partial charge is 0.497 e. The molecular formula is C16H18N2O2. The Bertz CT molecular complexity index is 624. The van der Waals surface area contributed by atoms with Crippen molar-refractivity contribution in [3.63, 3.8) is 0 Å². The molecule has 0 aromatic heterocycles. The molecule has 20 heavy (non-hydrogen) atoms. The average molecular weight is 270 g/mol. The van der Waals surface area contributed by atoms with Crippen molar-refractivity contribution in [2.45, 2.75) is 13.3 Å². The molecule has 4 heteroatoms. The van der Waals surface area contributed by atoms with Crippen LogP contribution in [0, 0.1) is 0 Å². The molecule has 0 heterocycles. The zero-order chi connectivity index (χ0) is 14.5. The third-order valence-electron chi connectivity index (χ3n) is 3.10. The second-order valence-electron chi connectivity index (χ2n) is 4.46. The third-order valence-corrected chi connectivity index (χ3v) is 3.10. The van der Waals surface area contributed by atoms with Crippen LogP contribution in [0.3, 0.4) is 0 Å². The number of nitrogens with two attached hydrogens (primary N) is 1. The molecule has 0 aliphatic heterocycles. The molecule has 1 amide bonds. The van der Waals surface area contributed by atoms with E-state index in [1.54, 1.807) is 25.3 Å². The van der Waals surface area contributed by atoms with Gasteiger partial charge >= 0.3 is 0 Å². The summed E-state index contributed by atoms with van der Waals surface area (Å²) >= 11 is 0. The maximum atomic E-state index is 12.2. The van der Waals surface area contributed by atoms with Gasteiger partial charge in [0.05, 0.1) is 12.7 Å². The Morgan fingerprint density at radius 3 is 2.70 bits per heavy atom. The van der Waals surface area contributed by atoms with E-state index in [2.05, 4.69) is 12.2 Å². The average Bonchev–Trinajstić information content (AvgIpc) is 2.47. The Hall–Kier alpha value is -2.49. The molecule has 0 bridgehead atoms. The molecule has 104 valence electrons. The quantitative estimate of drug-likeness (QED) is 0.839. The van der Waals surface area contributed by atoms with E-state index in [0.29, 0.717) is 17.0 Å². The molecule has 0 saturated heterocycles. The second kappa shape index (κ2) is 6.10. The van der Waals surface area contributed by atoms with Gasteiger partial charge in [-0.2, -0.15) is 0 Å². The van der Waals surface area contributed by atoms with E-state index in [1.807, 2.05) is 24.3 Å². The summed E-state index contributed by atoms with van der Waals surface area (Å²) in [6, 6.07) is 12.8. The van der Waals surface area contributed by atoms with E-state index in [4.69, 9.17) is 10.5 Å². The zero-order valence-electron chi connectivity index (χ0n) is 11.6. The number of aryl methyl sites for hydroxylation is 1. The molecule has 2 rings (SSSR count). The lowest BCUT2D eigenvalue weighted by atomic mass is 10.1. The predicted octanol–water partition coefficient (Wildman–Crippen LogP) is 3.09. The number of carbonyl (C=O) groups excluding carboxylic acids is 1. The Balaban J connectivity index is 2.19. The van der Waals surface area contributed by atoms with Gasteiger partial charge in [0.25, 0.3) is 5.91 Å². The monoisotopic (exact) mass is 270 g/mol. The number of hydrogen-bond acceptors (Lipinski definition) is 3. The molecule has 2 aromatic carbocycles. The first-order chi connectivity index (χ1) is 9.63. The molecule has 2 aromatic rings. The minimum atomic E-state index is -0.224. The maximum absolute atomic E-state index is 12.2. The minimum absolute atomic E-state index is 0.224. The molecule has 0 spiro atoms. The van der Waals surface area contributed by atoms with Gasteiger partial charge in [-0.1, -0.05) is 19.1 Å². The summed E-state index contributed by atoms with van der Waals surface area (Å²) in [5.41, 5.74) is 8.64. The summed E-state index contributed by atoms with van der Waals surface area (Å²) in [5.74, 6) is 0.408. The predicted molar refractivity (Wildman–Crippen MR) is 81.2 cm³/mol. The van der Waals surface area contributed by atoms with Crippen LogP contribution in [-0.4, -0.2) is 13.0 Å². The molecule has 0 unspecified atom stereocenters. The van der Waals surface area contributed by atoms with Crippen LogP contribution < -0.4 is 15.8 Å². The number of rotatable bonds is 4. The maximum Gasteiger partial charge on any atom is 0.257 e. The summed E-state index contributed by atoms with van der Waals surface area (Å²) in [6.45, 7) is 2.07. The molecule has 0 atom stereocenters. The normalized spacial score (nSPS) is 10.1. The lowest BCUT2D eigenvalue weighted by molar-refractivity contribution is 0.102. The number of anilines is 2. The number of carbonyl (C=O) groups is 1. The molecular weight excluding hydrogens is 252 g/mol. The first kappa shape index (κ1) is 13.9. The van der Waals surface area contributed by atoms with Gasteiger partial charge in [0, 0.05) is 17.4 Å². The van der Waals surface area contributed by atoms with Gasteiger partial charge in [0.15, 0.2) is 0 Å². The van der Waals surface area contributed by atoms with Crippen LogP contribution >= 0.6 is 0 Å². The molecule has 0 saturated carbocycles. The fraction of sp³-hybridized carbons (Fsp3) is 0.188. The highest BCUT2D eigenvalue weighted by Crippen LogP contribution is 2.21. The van der Waals surface area contributed by atoms with Crippen LogP contribution in [0.15, 0.2) is 42.5 Å². The third kappa shape index (κ3) is 3.09. The van der Waals surface area contributed by atoms with Crippen molar-refractivity contribution >= 4 is 17.3 Å². The van der Waals surface area contributed by atoms with Crippen molar-refractivity contribution in [2.75, 3.05) is 18.2 Å². The van der Waals surface area contributed by atoms with E-state index in [1.165, 1.54) is 5.56 Å². The Kier molecular flexibility index (Phi) is 4.25. The number of nitrogens with one attached hydrogen (secondary N) is 1. The van der Waals surface area contributed by atoms with Gasteiger partial charge in [0.1, 0.15) is 5.75 Å². The highest BCUT2D eigenvalue weighted by atomic mass is 16.5. The summed E-state index contributed by atoms with van der Waals surface area (Å²) in [7, 11) is 1.56.